The Morgan fingerprint density at radius 2 is 1.53 bits per heavy atom. The molecule has 0 saturated carbocycles. The van der Waals surface area contributed by atoms with Crippen LogP contribution >= 0.6 is 0 Å². The van der Waals surface area contributed by atoms with Crippen LogP contribution in [-0.2, 0) is 4.74 Å². The Morgan fingerprint density at radius 1 is 1.00 bits per heavy atom. The predicted molar refractivity (Wildman–Crippen MR) is 55.7 cm³/mol. The van der Waals surface area contributed by atoms with E-state index in [1.807, 2.05) is 24.3 Å². The second kappa shape index (κ2) is 4.66. The smallest absolute Gasteiger partial charge is 0.116 e. The number of pyridine rings is 2. The maximum Gasteiger partial charge on any atom is 0.116 e. The number of ether oxygens (including phenoxy) is 1. The van der Waals surface area contributed by atoms with E-state index in [-0.39, 0.29) is 6.10 Å². The van der Waals surface area contributed by atoms with Crippen molar-refractivity contribution >= 4 is 0 Å². The van der Waals surface area contributed by atoms with Gasteiger partial charge in [0.2, 0.25) is 0 Å². The summed E-state index contributed by atoms with van der Waals surface area (Å²) in [4.78, 5) is 8.05. The SMILES string of the molecule is [CH]OC(c1cccnc1)c1cccnc1. The van der Waals surface area contributed by atoms with E-state index in [9.17, 15) is 0 Å². The molecule has 74 valence electrons. The molecule has 2 rings (SSSR count). The maximum atomic E-state index is 5.28. The molecular weight excluding hydrogens is 188 g/mol. The first-order valence-corrected chi connectivity index (χ1v) is 4.57. The summed E-state index contributed by atoms with van der Waals surface area (Å²) in [5, 5.41) is 0. The van der Waals surface area contributed by atoms with E-state index in [1.54, 1.807) is 24.8 Å². The number of nitrogens with zero attached hydrogens (tertiary/aromatic N) is 2. The van der Waals surface area contributed by atoms with Gasteiger partial charge in [0.05, 0.1) is 0 Å². The number of hydrogen-bond donors (Lipinski definition) is 0. The molecule has 15 heavy (non-hydrogen) atoms. The van der Waals surface area contributed by atoms with Gasteiger partial charge in [-0.25, -0.2) is 0 Å². The second-order valence-corrected chi connectivity index (χ2v) is 3.09. The summed E-state index contributed by atoms with van der Waals surface area (Å²) in [7, 11) is 5.28. The fourth-order valence-electron chi connectivity index (χ4n) is 1.41. The lowest BCUT2D eigenvalue weighted by Gasteiger charge is -2.14. The lowest BCUT2D eigenvalue weighted by molar-refractivity contribution is 0.175. The van der Waals surface area contributed by atoms with Gasteiger partial charge < -0.3 is 4.74 Å². The minimum Gasteiger partial charge on any atom is -0.360 e. The van der Waals surface area contributed by atoms with Crippen molar-refractivity contribution in [2.24, 2.45) is 0 Å². The molecule has 3 heteroatoms. The summed E-state index contributed by atoms with van der Waals surface area (Å²) in [5.41, 5.74) is 1.82. The van der Waals surface area contributed by atoms with E-state index in [1.165, 1.54) is 0 Å². The Hall–Kier alpha value is -1.74. The van der Waals surface area contributed by atoms with Crippen molar-refractivity contribution in [1.29, 1.82) is 0 Å². The quantitative estimate of drug-likeness (QED) is 0.758. The lowest BCUT2D eigenvalue weighted by atomic mass is 10.1. The van der Waals surface area contributed by atoms with E-state index >= 15 is 0 Å². The standard InChI is InChI=1S/C12H10N2O/c1-15-12(10-4-2-6-13-8-10)11-5-3-7-14-9-11/h1-9,12H. The van der Waals surface area contributed by atoms with Crippen LogP contribution in [0.2, 0.25) is 0 Å². The molecule has 2 radical (unpaired) electrons. The van der Waals surface area contributed by atoms with Crippen LogP contribution in [0.15, 0.2) is 49.1 Å². The highest BCUT2D eigenvalue weighted by molar-refractivity contribution is 5.25. The van der Waals surface area contributed by atoms with Crippen LogP contribution in [0.5, 0.6) is 0 Å². The largest absolute Gasteiger partial charge is 0.360 e. The van der Waals surface area contributed by atoms with E-state index < -0.39 is 0 Å². The zero-order valence-corrected chi connectivity index (χ0v) is 8.08. The summed E-state index contributed by atoms with van der Waals surface area (Å²) in [5.74, 6) is 0. The van der Waals surface area contributed by atoms with Crippen molar-refractivity contribution in [1.82, 2.24) is 9.97 Å². The third-order valence-corrected chi connectivity index (χ3v) is 2.11. The Labute approximate surface area is 88.8 Å². The molecule has 0 fully saturated rings. The summed E-state index contributed by atoms with van der Waals surface area (Å²) in [6.07, 6.45) is 6.56. The van der Waals surface area contributed by atoms with Crippen molar-refractivity contribution in [3.63, 3.8) is 0 Å². The van der Waals surface area contributed by atoms with Gasteiger partial charge in [0.15, 0.2) is 0 Å². The van der Waals surface area contributed by atoms with Crippen LogP contribution in [0.4, 0.5) is 0 Å². The molecule has 2 aromatic heterocycles. The van der Waals surface area contributed by atoms with Gasteiger partial charge >= 0.3 is 0 Å². The molecule has 0 N–H and O–H groups in total. The van der Waals surface area contributed by atoms with Gasteiger partial charge in [-0.1, -0.05) is 12.1 Å². The number of rotatable bonds is 3. The van der Waals surface area contributed by atoms with E-state index in [0.717, 1.165) is 11.1 Å². The van der Waals surface area contributed by atoms with Crippen LogP contribution in [0, 0.1) is 7.11 Å². The molecule has 0 aliphatic heterocycles. The van der Waals surface area contributed by atoms with Crippen LogP contribution in [0.1, 0.15) is 17.2 Å². The Morgan fingerprint density at radius 3 is 1.87 bits per heavy atom. The molecule has 0 saturated heterocycles. The third kappa shape index (κ3) is 2.19. The molecule has 0 aliphatic rings. The molecule has 0 aliphatic carbocycles. The normalized spacial score (nSPS) is 10.5. The van der Waals surface area contributed by atoms with E-state index in [0.29, 0.717) is 0 Å². The molecule has 2 aromatic rings. The topological polar surface area (TPSA) is 35.0 Å². The van der Waals surface area contributed by atoms with Crippen LogP contribution < -0.4 is 0 Å². The average molecular weight is 198 g/mol. The lowest BCUT2D eigenvalue weighted by Crippen LogP contribution is -2.02. The second-order valence-electron chi connectivity index (χ2n) is 3.09. The minimum atomic E-state index is -0.313. The van der Waals surface area contributed by atoms with Gasteiger partial charge in [-0.3, -0.25) is 9.97 Å². The van der Waals surface area contributed by atoms with Crippen molar-refractivity contribution in [2.45, 2.75) is 6.10 Å². The Bertz CT molecular complexity index is 363. The molecule has 0 unspecified atom stereocenters. The Kier molecular flexibility index (Phi) is 3.05. The average Bonchev–Trinajstić information content (AvgIpc) is 2.33. The zero-order chi connectivity index (χ0) is 10.5. The molecule has 2 heterocycles. The van der Waals surface area contributed by atoms with Gasteiger partial charge in [0.25, 0.3) is 0 Å². The Balaban J connectivity index is 2.34. The fourth-order valence-corrected chi connectivity index (χ4v) is 1.41. The molecule has 0 aromatic carbocycles. The summed E-state index contributed by atoms with van der Waals surface area (Å²) in [6, 6.07) is 7.52. The first-order chi connectivity index (χ1) is 7.42. The van der Waals surface area contributed by atoms with Gasteiger partial charge in [-0.05, 0) is 12.1 Å². The predicted octanol–water partition coefficient (Wildman–Crippen LogP) is 2.25. The van der Waals surface area contributed by atoms with Gasteiger partial charge in [0.1, 0.15) is 13.2 Å². The first kappa shape index (κ1) is 9.80. The molecule has 3 nitrogen and oxygen atoms in total. The third-order valence-electron chi connectivity index (χ3n) is 2.11. The summed E-state index contributed by atoms with van der Waals surface area (Å²) < 4.78 is 4.94. The van der Waals surface area contributed by atoms with Crippen molar-refractivity contribution in [2.75, 3.05) is 0 Å². The van der Waals surface area contributed by atoms with Crippen molar-refractivity contribution < 1.29 is 4.74 Å². The zero-order valence-electron chi connectivity index (χ0n) is 8.08. The van der Waals surface area contributed by atoms with Crippen LogP contribution in [0.25, 0.3) is 0 Å². The highest BCUT2D eigenvalue weighted by Crippen LogP contribution is 2.23. The minimum absolute atomic E-state index is 0.313. The fraction of sp³-hybridized carbons (Fsp3) is 0.0833. The van der Waals surface area contributed by atoms with Crippen molar-refractivity contribution in [3.05, 3.63) is 67.3 Å². The highest BCUT2D eigenvalue weighted by Gasteiger charge is 2.12. The van der Waals surface area contributed by atoms with Crippen LogP contribution in [-0.4, -0.2) is 9.97 Å². The van der Waals surface area contributed by atoms with Gasteiger partial charge in [-0.2, -0.15) is 0 Å². The van der Waals surface area contributed by atoms with Crippen LogP contribution in [0.3, 0.4) is 0 Å². The molecule has 0 bridgehead atoms. The number of hydrogen-bond acceptors (Lipinski definition) is 3. The van der Waals surface area contributed by atoms with E-state index in [2.05, 4.69) is 9.97 Å². The molecule has 0 amide bonds. The molecule has 0 spiro atoms. The number of aromatic nitrogens is 2. The first-order valence-electron chi connectivity index (χ1n) is 4.57. The summed E-state index contributed by atoms with van der Waals surface area (Å²) in [6.45, 7) is 0. The molecular formula is C12H10N2O. The van der Waals surface area contributed by atoms with Gasteiger partial charge in [0, 0.05) is 35.9 Å². The molecule has 0 atom stereocenters. The van der Waals surface area contributed by atoms with E-state index in [4.69, 9.17) is 11.8 Å². The summed E-state index contributed by atoms with van der Waals surface area (Å²) >= 11 is 0. The maximum absolute atomic E-state index is 5.28. The van der Waals surface area contributed by atoms with Crippen molar-refractivity contribution in [3.8, 4) is 0 Å². The van der Waals surface area contributed by atoms with Gasteiger partial charge in [-0.15, -0.1) is 0 Å². The highest BCUT2D eigenvalue weighted by atomic mass is 16.5. The monoisotopic (exact) mass is 198 g/mol.